The molecule has 0 saturated heterocycles. The van der Waals surface area contributed by atoms with Crippen molar-refractivity contribution in [2.45, 2.75) is 51.6 Å². The summed E-state index contributed by atoms with van der Waals surface area (Å²) >= 11 is 0. The summed E-state index contributed by atoms with van der Waals surface area (Å²) in [7, 11) is 0. The Kier molecular flexibility index (Phi) is 4.79. The van der Waals surface area contributed by atoms with Crippen molar-refractivity contribution in [1.82, 2.24) is 14.7 Å². The number of aryl methyl sites for hydroxylation is 2. The number of carbonyl (C=O) groups is 2. The number of hydrogen-bond acceptors (Lipinski definition) is 3. The van der Waals surface area contributed by atoms with E-state index >= 15 is 0 Å². The van der Waals surface area contributed by atoms with Crippen LogP contribution in [0, 0.1) is 5.92 Å². The van der Waals surface area contributed by atoms with E-state index in [0.29, 0.717) is 13.0 Å². The van der Waals surface area contributed by atoms with E-state index in [9.17, 15) is 9.59 Å². The fourth-order valence-corrected chi connectivity index (χ4v) is 3.34. The zero-order valence-corrected chi connectivity index (χ0v) is 13.3. The van der Waals surface area contributed by atoms with Gasteiger partial charge >= 0.3 is 5.97 Å². The summed E-state index contributed by atoms with van der Waals surface area (Å²) in [5, 5.41) is 13.3. The summed E-state index contributed by atoms with van der Waals surface area (Å²) in [6.45, 7) is 2.14. The van der Waals surface area contributed by atoms with Crippen LogP contribution in [0.3, 0.4) is 0 Å². The van der Waals surface area contributed by atoms with Crippen LogP contribution in [0.1, 0.15) is 43.5 Å². The van der Waals surface area contributed by atoms with Crippen LogP contribution >= 0.6 is 0 Å². The van der Waals surface area contributed by atoms with E-state index in [-0.39, 0.29) is 18.2 Å². The predicted octanol–water partition coefficient (Wildman–Crippen LogP) is 1.99. The fraction of sp³-hybridized carbons (Fsp3) is 0.588. The Morgan fingerprint density at radius 3 is 2.91 bits per heavy atom. The molecule has 124 valence electrons. The van der Waals surface area contributed by atoms with Crippen molar-refractivity contribution in [3.63, 3.8) is 0 Å². The molecule has 0 radical (unpaired) electrons. The second-order valence-corrected chi connectivity index (χ2v) is 6.34. The number of nitrogens with zero attached hydrogens (tertiary/aromatic N) is 3. The summed E-state index contributed by atoms with van der Waals surface area (Å²) in [6, 6.07) is 1.95. The SMILES string of the molecule is O=C(O)CCc1cc2n(n1)CCCN(C(=O)[C@H]1CC=CCC1)C2. The zero-order valence-electron chi connectivity index (χ0n) is 13.3. The number of hydrogen-bond donors (Lipinski definition) is 1. The molecule has 0 bridgehead atoms. The van der Waals surface area contributed by atoms with Gasteiger partial charge in [-0.15, -0.1) is 0 Å². The smallest absolute Gasteiger partial charge is 0.303 e. The molecular formula is C17H23N3O3. The fourth-order valence-electron chi connectivity index (χ4n) is 3.34. The summed E-state index contributed by atoms with van der Waals surface area (Å²) in [5.41, 5.74) is 1.82. The topological polar surface area (TPSA) is 75.4 Å². The van der Waals surface area contributed by atoms with Gasteiger partial charge in [0.2, 0.25) is 5.91 Å². The monoisotopic (exact) mass is 317 g/mol. The molecule has 0 aromatic carbocycles. The van der Waals surface area contributed by atoms with Crippen molar-refractivity contribution in [2.75, 3.05) is 6.54 Å². The quantitative estimate of drug-likeness (QED) is 0.862. The predicted molar refractivity (Wildman–Crippen MR) is 84.7 cm³/mol. The largest absolute Gasteiger partial charge is 0.481 e. The van der Waals surface area contributed by atoms with E-state index in [0.717, 1.165) is 50.2 Å². The lowest BCUT2D eigenvalue weighted by atomic mass is 9.93. The molecule has 0 unspecified atom stereocenters. The van der Waals surface area contributed by atoms with Crippen LogP contribution in [0.25, 0.3) is 0 Å². The molecule has 1 aromatic heterocycles. The molecule has 1 aromatic rings. The molecule has 1 atom stereocenters. The number of aromatic nitrogens is 2. The maximum atomic E-state index is 12.7. The van der Waals surface area contributed by atoms with Crippen molar-refractivity contribution in [3.8, 4) is 0 Å². The van der Waals surface area contributed by atoms with E-state index in [1.165, 1.54) is 0 Å². The maximum Gasteiger partial charge on any atom is 0.303 e. The van der Waals surface area contributed by atoms with Gasteiger partial charge < -0.3 is 10.0 Å². The van der Waals surface area contributed by atoms with Gasteiger partial charge in [-0.3, -0.25) is 14.3 Å². The number of fused-ring (bicyclic) bond motifs is 1. The molecule has 3 rings (SSSR count). The highest BCUT2D eigenvalue weighted by atomic mass is 16.4. The van der Waals surface area contributed by atoms with E-state index in [1.807, 2.05) is 15.6 Å². The Balaban J connectivity index is 1.68. The molecule has 6 heteroatoms. The van der Waals surface area contributed by atoms with Crippen LogP contribution in [-0.4, -0.2) is 38.2 Å². The minimum atomic E-state index is -0.810. The standard InChI is InChI=1S/C17H23N3O3/c21-16(22)8-7-14-11-15-12-19(9-4-10-20(15)18-14)17(23)13-5-2-1-3-6-13/h1-2,11,13H,3-10,12H2,(H,21,22)/t13-/m0/s1. The molecule has 6 nitrogen and oxygen atoms in total. The van der Waals surface area contributed by atoms with Gasteiger partial charge in [0.25, 0.3) is 0 Å². The first-order valence-electron chi connectivity index (χ1n) is 8.34. The summed E-state index contributed by atoms with van der Waals surface area (Å²) in [6.07, 6.45) is 8.45. The summed E-state index contributed by atoms with van der Waals surface area (Å²) in [4.78, 5) is 25.4. The highest BCUT2D eigenvalue weighted by molar-refractivity contribution is 5.79. The molecule has 1 N–H and O–H groups in total. The number of carboxylic acid groups (broad SMARTS) is 1. The van der Waals surface area contributed by atoms with Crippen LogP contribution in [-0.2, 0) is 29.1 Å². The molecule has 23 heavy (non-hydrogen) atoms. The first-order chi connectivity index (χ1) is 11.1. The minimum absolute atomic E-state index is 0.0908. The molecular weight excluding hydrogens is 294 g/mol. The van der Waals surface area contributed by atoms with Crippen molar-refractivity contribution < 1.29 is 14.7 Å². The first kappa shape index (κ1) is 15.8. The normalized spacial score (nSPS) is 20.9. The van der Waals surface area contributed by atoms with Crippen LogP contribution in [0.15, 0.2) is 18.2 Å². The van der Waals surface area contributed by atoms with Gasteiger partial charge in [0.1, 0.15) is 0 Å². The molecule has 1 aliphatic carbocycles. The van der Waals surface area contributed by atoms with Gasteiger partial charge in [-0.25, -0.2) is 0 Å². The van der Waals surface area contributed by atoms with Gasteiger partial charge in [0, 0.05) is 25.4 Å². The second kappa shape index (κ2) is 6.98. The third-order valence-electron chi connectivity index (χ3n) is 4.59. The number of allylic oxidation sites excluding steroid dienone is 2. The Morgan fingerprint density at radius 2 is 2.17 bits per heavy atom. The molecule has 1 amide bonds. The number of carboxylic acids is 1. The number of amides is 1. The summed E-state index contributed by atoms with van der Waals surface area (Å²) in [5.74, 6) is -0.451. The number of rotatable bonds is 4. The first-order valence-corrected chi connectivity index (χ1v) is 8.34. The molecule has 0 saturated carbocycles. The lowest BCUT2D eigenvalue weighted by molar-refractivity contribution is -0.137. The van der Waals surface area contributed by atoms with Gasteiger partial charge in [-0.05, 0) is 31.7 Å². The maximum absolute atomic E-state index is 12.7. The third-order valence-corrected chi connectivity index (χ3v) is 4.59. The van der Waals surface area contributed by atoms with Gasteiger partial charge in [-0.2, -0.15) is 5.10 Å². The number of carbonyl (C=O) groups excluding carboxylic acids is 1. The lowest BCUT2D eigenvalue weighted by Crippen LogP contribution is -2.36. The molecule has 0 spiro atoms. The van der Waals surface area contributed by atoms with Crippen molar-refractivity contribution in [1.29, 1.82) is 0 Å². The Labute approximate surface area is 135 Å². The van der Waals surface area contributed by atoms with E-state index in [1.54, 1.807) is 0 Å². The highest BCUT2D eigenvalue weighted by Crippen LogP contribution is 2.23. The van der Waals surface area contributed by atoms with E-state index < -0.39 is 5.97 Å². The highest BCUT2D eigenvalue weighted by Gasteiger charge is 2.26. The zero-order chi connectivity index (χ0) is 16.2. The Bertz CT molecular complexity index is 621. The van der Waals surface area contributed by atoms with Crippen LogP contribution in [0.2, 0.25) is 0 Å². The minimum Gasteiger partial charge on any atom is -0.481 e. The van der Waals surface area contributed by atoms with Crippen LogP contribution in [0.5, 0.6) is 0 Å². The average molecular weight is 317 g/mol. The van der Waals surface area contributed by atoms with E-state index in [2.05, 4.69) is 17.3 Å². The van der Waals surface area contributed by atoms with E-state index in [4.69, 9.17) is 5.11 Å². The molecule has 1 aliphatic heterocycles. The molecule has 2 aliphatic rings. The average Bonchev–Trinajstić information content (AvgIpc) is 2.83. The Morgan fingerprint density at radius 1 is 1.30 bits per heavy atom. The molecule has 2 heterocycles. The van der Waals surface area contributed by atoms with Crippen molar-refractivity contribution in [2.24, 2.45) is 5.92 Å². The molecule has 0 fully saturated rings. The van der Waals surface area contributed by atoms with Gasteiger partial charge in [0.05, 0.1) is 24.4 Å². The Hall–Kier alpha value is -2.11. The number of aliphatic carboxylic acids is 1. The lowest BCUT2D eigenvalue weighted by Gasteiger charge is -2.26. The van der Waals surface area contributed by atoms with Gasteiger partial charge in [-0.1, -0.05) is 12.2 Å². The van der Waals surface area contributed by atoms with Crippen LogP contribution < -0.4 is 0 Å². The van der Waals surface area contributed by atoms with Crippen molar-refractivity contribution in [3.05, 3.63) is 29.6 Å². The summed E-state index contributed by atoms with van der Waals surface area (Å²) < 4.78 is 1.94. The third kappa shape index (κ3) is 3.81. The van der Waals surface area contributed by atoms with Crippen LogP contribution in [0.4, 0.5) is 0 Å². The van der Waals surface area contributed by atoms with Crippen molar-refractivity contribution >= 4 is 11.9 Å². The van der Waals surface area contributed by atoms with Gasteiger partial charge in [0.15, 0.2) is 0 Å². The second-order valence-electron chi connectivity index (χ2n) is 6.34.